The van der Waals surface area contributed by atoms with Crippen molar-refractivity contribution >= 4 is 6.09 Å². The fraction of sp³-hybridized carbons (Fsp3) is 0.364. The van der Waals surface area contributed by atoms with Crippen molar-refractivity contribution in [2.45, 2.75) is 12.9 Å². The monoisotopic (exact) mass is 239 g/mol. The van der Waals surface area contributed by atoms with E-state index in [-0.39, 0.29) is 5.75 Å². The Morgan fingerprint density at radius 1 is 1.41 bits per heavy atom. The van der Waals surface area contributed by atoms with Gasteiger partial charge in [0.2, 0.25) is 5.75 Å². The molecule has 6 heteroatoms. The zero-order valence-electron chi connectivity index (χ0n) is 9.77. The summed E-state index contributed by atoms with van der Waals surface area (Å²) in [7, 11) is 2.94. The molecule has 6 nitrogen and oxygen atoms in total. The number of benzene rings is 1. The molecule has 1 aliphatic heterocycles. The first-order valence-electron chi connectivity index (χ1n) is 5.04. The lowest BCUT2D eigenvalue weighted by molar-refractivity contribution is -0.254. The molecule has 1 atom stereocenters. The van der Waals surface area contributed by atoms with Crippen LogP contribution in [0.3, 0.4) is 0 Å². The normalized spacial score (nSPS) is 21.1. The average Bonchev–Trinajstić information content (AvgIpc) is 2.67. The molecule has 1 aliphatic rings. The van der Waals surface area contributed by atoms with Crippen LogP contribution in [0.4, 0.5) is 4.79 Å². The van der Waals surface area contributed by atoms with Crippen molar-refractivity contribution < 1.29 is 23.7 Å². The number of rotatable bonds is 2. The molecule has 0 saturated heterocycles. The van der Waals surface area contributed by atoms with Gasteiger partial charge in [0.15, 0.2) is 11.5 Å². The van der Waals surface area contributed by atoms with Crippen molar-refractivity contribution in [3.05, 3.63) is 18.2 Å². The summed E-state index contributed by atoms with van der Waals surface area (Å²) in [6.45, 7) is 1.62. The number of methoxy groups -OCH3 is 1. The molecular formula is C11H13NO5. The number of amides is 1. The Balaban J connectivity index is 2.28. The maximum Gasteiger partial charge on any atom is 0.412 e. The number of fused-ring (bicyclic) bond motifs is 1. The van der Waals surface area contributed by atoms with Crippen LogP contribution in [0.1, 0.15) is 6.92 Å². The first-order valence-corrected chi connectivity index (χ1v) is 5.04. The highest BCUT2D eigenvalue weighted by molar-refractivity contribution is 5.72. The lowest BCUT2D eigenvalue weighted by atomic mass is 10.3. The SMILES string of the molecule is CNC(=O)Oc1cccc2c1OC(C)(OC)O2. The maximum atomic E-state index is 11.2. The van der Waals surface area contributed by atoms with Gasteiger partial charge in [0.05, 0.1) is 0 Å². The van der Waals surface area contributed by atoms with Gasteiger partial charge in [0.1, 0.15) is 0 Å². The molecular weight excluding hydrogens is 226 g/mol. The van der Waals surface area contributed by atoms with Gasteiger partial charge in [0.25, 0.3) is 0 Å². The molecule has 1 aromatic rings. The molecule has 0 aliphatic carbocycles. The Hall–Kier alpha value is -1.95. The van der Waals surface area contributed by atoms with Crippen LogP contribution in [-0.2, 0) is 4.74 Å². The van der Waals surface area contributed by atoms with Crippen LogP contribution in [0.25, 0.3) is 0 Å². The second kappa shape index (κ2) is 4.14. The third-order valence-electron chi connectivity index (χ3n) is 2.30. The minimum Gasteiger partial charge on any atom is -0.426 e. The standard InChI is InChI=1S/C11H13NO5/c1-11(14-3)16-8-6-4-5-7(9(8)17-11)15-10(13)12-2/h4-6H,1-3H3,(H,12,13). The molecule has 0 fully saturated rings. The molecule has 1 heterocycles. The fourth-order valence-corrected chi connectivity index (χ4v) is 1.40. The molecule has 1 amide bonds. The molecule has 1 N–H and O–H groups in total. The number of carbonyl (C=O) groups is 1. The molecule has 0 spiro atoms. The van der Waals surface area contributed by atoms with Gasteiger partial charge in [-0.15, -0.1) is 0 Å². The van der Waals surface area contributed by atoms with Crippen LogP contribution >= 0.6 is 0 Å². The van der Waals surface area contributed by atoms with E-state index >= 15 is 0 Å². The van der Waals surface area contributed by atoms with Crippen molar-refractivity contribution in [3.8, 4) is 17.2 Å². The molecule has 1 unspecified atom stereocenters. The van der Waals surface area contributed by atoms with Gasteiger partial charge in [-0.3, -0.25) is 0 Å². The van der Waals surface area contributed by atoms with Gasteiger partial charge >= 0.3 is 12.1 Å². The van der Waals surface area contributed by atoms with E-state index < -0.39 is 12.1 Å². The Labute approximate surface area is 98.4 Å². The fourth-order valence-electron chi connectivity index (χ4n) is 1.40. The van der Waals surface area contributed by atoms with Gasteiger partial charge in [-0.25, -0.2) is 4.79 Å². The summed E-state index contributed by atoms with van der Waals surface area (Å²) in [6.07, 6.45) is -0.576. The molecule has 92 valence electrons. The Morgan fingerprint density at radius 2 is 2.18 bits per heavy atom. The predicted molar refractivity (Wildman–Crippen MR) is 58.2 cm³/mol. The second-order valence-corrected chi connectivity index (χ2v) is 3.49. The van der Waals surface area contributed by atoms with E-state index in [4.69, 9.17) is 18.9 Å². The topological polar surface area (TPSA) is 66.0 Å². The average molecular weight is 239 g/mol. The van der Waals surface area contributed by atoms with Crippen molar-refractivity contribution in [2.75, 3.05) is 14.2 Å². The van der Waals surface area contributed by atoms with Crippen molar-refractivity contribution in [3.63, 3.8) is 0 Å². The molecule has 17 heavy (non-hydrogen) atoms. The van der Waals surface area contributed by atoms with Crippen molar-refractivity contribution in [2.24, 2.45) is 0 Å². The maximum absolute atomic E-state index is 11.2. The van der Waals surface area contributed by atoms with E-state index in [0.717, 1.165) is 0 Å². The zero-order chi connectivity index (χ0) is 12.5. The predicted octanol–water partition coefficient (Wildman–Crippen LogP) is 1.50. The number of hydrogen-bond donors (Lipinski definition) is 1. The molecule has 0 bridgehead atoms. The van der Waals surface area contributed by atoms with Gasteiger partial charge < -0.3 is 24.3 Å². The molecule has 0 radical (unpaired) electrons. The lowest BCUT2D eigenvalue weighted by Gasteiger charge is -2.19. The summed E-state index contributed by atoms with van der Waals surface area (Å²) >= 11 is 0. The third kappa shape index (κ3) is 2.12. The minimum atomic E-state index is -1.19. The Kier molecular flexibility index (Phi) is 2.81. The highest BCUT2D eigenvalue weighted by Crippen LogP contribution is 2.45. The third-order valence-corrected chi connectivity index (χ3v) is 2.30. The molecule has 0 aromatic heterocycles. The molecule has 0 saturated carbocycles. The number of para-hydroxylation sites is 1. The van der Waals surface area contributed by atoms with Crippen LogP contribution in [0, 0.1) is 0 Å². The summed E-state index contributed by atoms with van der Waals surface area (Å²) in [5.74, 6) is -0.0939. The second-order valence-electron chi connectivity index (χ2n) is 3.49. The van der Waals surface area contributed by atoms with Gasteiger partial charge in [-0.2, -0.15) is 0 Å². The molecule has 1 aromatic carbocycles. The Morgan fingerprint density at radius 3 is 2.82 bits per heavy atom. The number of hydrogen-bond acceptors (Lipinski definition) is 5. The van der Waals surface area contributed by atoms with Crippen LogP contribution in [0.2, 0.25) is 0 Å². The van der Waals surface area contributed by atoms with Crippen LogP contribution in [0.5, 0.6) is 17.2 Å². The first-order chi connectivity index (χ1) is 8.08. The van der Waals surface area contributed by atoms with E-state index in [0.29, 0.717) is 11.5 Å². The van der Waals surface area contributed by atoms with Crippen LogP contribution in [-0.4, -0.2) is 26.2 Å². The summed E-state index contributed by atoms with van der Waals surface area (Å²) in [4.78, 5) is 11.2. The summed E-state index contributed by atoms with van der Waals surface area (Å²) in [5, 5.41) is 2.35. The number of carbonyl (C=O) groups excluding carboxylic acids is 1. The summed E-state index contributed by atoms with van der Waals surface area (Å²) in [5.41, 5.74) is 0. The smallest absolute Gasteiger partial charge is 0.412 e. The van der Waals surface area contributed by atoms with E-state index in [1.165, 1.54) is 14.2 Å². The lowest BCUT2D eigenvalue weighted by Crippen LogP contribution is -2.36. The minimum absolute atomic E-state index is 0.280. The Bertz CT molecular complexity index is 447. The van der Waals surface area contributed by atoms with E-state index in [9.17, 15) is 4.79 Å². The van der Waals surface area contributed by atoms with Crippen LogP contribution < -0.4 is 19.5 Å². The van der Waals surface area contributed by atoms with Crippen LogP contribution in [0.15, 0.2) is 18.2 Å². The zero-order valence-corrected chi connectivity index (χ0v) is 9.77. The first kappa shape index (κ1) is 11.5. The van der Waals surface area contributed by atoms with E-state index in [2.05, 4.69) is 5.32 Å². The highest BCUT2D eigenvalue weighted by atomic mass is 16.9. The number of ether oxygens (including phenoxy) is 4. The van der Waals surface area contributed by atoms with Gasteiger partial charge in [-0.05, 0) is 12.1 Å². The largest absolute Gasteiger partial charge is 0.426 e. The quantitative estimate of drug-likeness (QED) is 0.847. The number of nitrogens with one attached hydrogen (secondary N) is 1. The van der Waals surface area contributed by atoms with E-state index in [1.807, 2.05) is 0 Å². The van der Waals surface area contributed by atoms with Crippen molar-refractivity contribution in [1.82, 2.24) is 5.32 Å². The molecule has 2 rings (SSSR count). The highest BCUT2D eigenvalue weighted by Gasteiger charge is 2.39. The van der Waals surface area contributed by atoms with Gasteiger partial charge in [-0.1, -0.05) is 6.07 Å². The van der Waals surface area contributed by atoms with Crippen molar-refractivity contribution in [1.29, 1.82) is 0 Å². The summed E-state index contributed by atoms with van der Waals surface area (Å²) in [6, 6.07) is 5.01. The summed E-state index contributed by atoms with van der Waals surface area (Å²) < 4.78 is 21.0. The van der Waals surface area contributed by atoms with Gasteiger partial charge in [0, 0.05) is 21.1 Å². The van der Waals surface area contributed by atoms with E-state index in [1.54, 1.807) is 25.1 Å².